The Labute approximate surface area is 115 Å². The highest BCUT2D eigenvalue weighted by atomic mass is 15.2. The number of hydrogen-bond donors (Lipinski definition) is 1. The first-order valence-corrected chi connectivity index (χ1v) is 7.23. The Hall–Kier alpha value is -1.53. The largest absolute Gasteiger partial charge is 0.384 e. The zero-order valence-electron chi connectivity index (χ0n) is 11.5. The molecule has 1 aromatic rings. The van der Waals surface area contributed by atoms with E-state index in [1.165, 1.54) is 25.7 Å². The fourth-order valence-electron chi connectivity index (χ4n) is 3.68. The van der Waals surface area contributed by atoms with Gasteiger partial charge < -0.3 is 10.2 Å². The summed E-state index contributed by atoms with van der Waals surface area (Å²) in [4.78, 5) is 2.57. The highest BCUT2D eigenvalue weighted by Gasteiger charge is 2.38. The molecule has 3 nitrogen and oxygen atoms in total. The molecule has 0 saturated carbocycles. The molecule has 2 saturated heterocycles. The van der Waals surface area contributed by atoms with Crippen LogP contribution in [0.2, 0.25) is 0 Å². The van der Waals surface area contributed by atoms with E-state index in [0.717, 1.165) is 35.8 Å². The zero-order valence-corrected chi connectivity index (χ0v) is 11.5. The van der Waals surface area contributed by atoms with Crippen LogP contribution < -0.4 is 5.32 Å². The number of piperidine rings is 1. The van der Waals surface area contributed by atoms with E-state index in [-0.39, 0.29) is 0 Å². The number of para-hydroxylation sites is 1. The van der Waals surface area contributed by atoms with Crippen molar-refractivity contribution in [1.29, 1.82) is 5.26 Å². The van der Waals surface area contributed by atoms with Crippen LogP contribution in [0.1, 0.15) is 31.2 Å². The van der Waals surface area contributed by atoms with Gasteiger partial charge in [-0.2, -0.15) is 5.26 Å². The molecule has 2 fully saturated rings. The summed E-state index contributed by atoms with van der Waals surface area (Å²) >= 11 is 0. The van der Waals surface area contributed by atoms with Crippen LogP contribution in [-0.2, 0) is 0 Å². The first kappa shape index (κ1) is 12.5. The lowest BCUT2D eigenvalue weighted by molar-refractivity contribution is 0.139. The van der Waals surface area contributed by atoms with Crippen LogP contribution in [0.3, 0.4) is 0 Å². The molecule has 0 amide bonds. The van der Waals surface area contributed by atoms with E-state index in [1.54, 1.807) is 0 Å². The van der Waals surface area contributed by atoms with Gasteiger partial charge in [0, 0.05) is 18.6 Å². The van der Waals surface area contributed by atoms with E-state index < -0.39 is 0 Å². The predicted molar refractivity (Wildman–Crippen MR) is 76.9 cm³/mol. The summed E-state index contributed by atoms with van der Waals surface area (Å²) < 4.78 is 0. The normalized spacial score (nSPS) is 30.0. The van der Waals surface area contributed by atoms with E-state index in [0.29, 0.717) is 0 Å². The Morgan fingerprint density at radius 1 is 1.26 bits per heavy atom. The van der Waals surface area contributed by atoms with Crippen LogP contribution in [-0.4, -0.2) is 30.6 Å². The van der Waals surface area contributed by atoms with E-state index in [1.807, 2.05) is 24.3 Å². The maximum absolute atomic E-state index is 9.09. The summed E-state index contributed by atoms with van der Waals surface area (Å²) in [6.07, 6.45) is 5.34. The highest BCUT2D eigenvalue weighted by molar-refractivity contribution is 5.57. The van der Waals surface area contributed by atoms with Crippen LogP contribution in [0.5, 0.6) is 0 Å². The van der Waals surface area contributed by atoms with Crippen LogP contribution in [0.15, 0.2) is 24.3 Å². The number of anilines is 1. The average Bonchev–Trinajstić information content (AvgIpc) is 2.67. The molecule has 2 heterocycles. The van der Waals surface area contributed by atoms with Gasteiger partial charge in [-0.05, 0) is 50.8 Å². The minimum atomic E-state index is 0.749. The third-order valence-electron chi connectivity index (χ3n) is 4.82. The SMILES string of the molecule is CN1C2CCC1CC(CNc1ccccc1C#N)C2. The first-order chi connectivity index (χ1) is 9.28. The Morgan fingerprint density at radius 2 is 1.95 bits per heavy atom. The average molecular weight is 255 g/mol. The number of hydrogen-bond acceptors (Lipinski definition) is 3. The molecule has 2 atom stereocenters. The molecule has 2 aliphatic heterocycles. The molecule has 19 heavy (non-hydrogen) atoms. The van der Waals surface area contributed by atoms with Crippen LogP contribution in [0.4, 0.5) is 5.69 Å². The van der Waals surface area contributed by atoms with Crippen molar-refractivity contribution in [3.63, 3.8) is 0 Å². The lowest BCUT2D eigenvalue weighted by atomic mass is 9.91. The molecule has 1 aromatic carbocycles. The maximum atomic E-state index is 9.09. The smallest absolute Gasteiger partial charge is 0.101 e. The molecule has 3 heteroatoms. The molecule has 0 radical (unpaired) electrons. The minimum absolute atomic E-state index is 0.749. The fourth-order valence-corrected chi connectivity index (χ4v) is 3.68. The van der Waals surface area contributed by atoms with Gasteiger partial charge in [-0.3, -0.25) is 0 Å². The number of nitriles is 1. The van der Waals surface area contributed by atoms with Gasteiger partial charge in [0.25, 0.3) is 0 Å². The van der Waals surface area contributed by atoms with Crippen molar-refractivity contribution in [3.05, 3.63) is 29.8 Å². The number of nitrogens with zero attached hydrogens (tertiary/aromatic N) is 2. The Bertz CT molecular complexity index is 477. The Kier molecular flexibility index (Phi) is 3.44. The van der Waals surface area contributed by atoms with E-state index in [9.17, 15) is 0 Å². The predicted octanol–water partition coefficient (Wildman–Crippen LogP) is 2.84. The lowest BCUT2D eigenvalue weighted by Gasteiger charge is -2.36. The standard InChI is InChI=1S/C16H21N3/c1-19-14-6-7-15(19)9-12(8-14)11-18-16-5-3-2-4-13(16)10-17/h2-5,12,14-15,18H,6-9,11H2,1H3. The Morgan fingerprint density at radius 3 is 2.63 bits per heavy atom. The summed E-state index contributed by atoms with van der Waals surface area (Å²) in [5, 5.41) is 12.6. The fraction of sp³-hybridized carbons (Fsp3) is 0.562. The molecular weight excluding hydrogens is 234 g/mol. The summed E-state index contributed by atoms with van der Waals surface area (Å²) in [5.41, 5.74) is 1.73. The second-order valence-electron chi connectivity index (χ2n) is 5.93. The molecule has 0 aromatic heterocycles. The third kappa shape index (κ3) is 2.46. The van der Waals surface area contributed by atoms with Crippen molar-refractivity contribution in [3.8, 4) is 6.07 Å². The van der Waals surface area contributed by atoms with Crippen LogP contribution in [0.25, 0.3) is 0 Å². The Balaban J connectivity index is 1.60. The van der Waals surface area contributed by atoms with Crippen molar-refractivity contribution < 1.29 is 0 Å². The van der Waals surface area contributed by atoms with E-state index in [2.05, 4.69) is 23.3 Å². The second-order valence-corrected chi connectivity index (χ2v) is 5.93. The quantitative estimate of drug-likeness (QED) is 0.902. The topological polar surface area (TPSA) is 39.1 Å². The molecular formula is C16H21N3. The minimum Gasteiger partial charge on any atom is -0.384 e. The van der Waals surface area contributed by atoms with Crippen LogP contribution >= 0.6 is 0 Å². The van der Waals surface area contributed by atoms with Gasteiger partial charge in [0.1, 0.15) is 6.07 Å². The first-order valence-electron chi connectivity index (χ1n) is 7.23. The number of benzene rings is 1. The monoisotopic (exact) mass is 255 g/mol. The van der Waals surface area contributed by atoms with Crippen LogP contribution in [0, 0.1) is 17.2 Å². The number of rotatable bonds is 3. The number of fused-ring (bicyclic) bond motifs is 2. The van der Waals surface area contributed by atoms with Gasteiger partial charge in [0.05, 0.1) is 11.3 Å². The summed E-state index contributed by atoms with van der Waals surface area (Å²) in [6, 6.07) is 11.6. The molecule has 100 valence electrons. The van der Waals surface area contributed by atoms with Crippen molar-refractivity contribution in [2.24, 2.45) is 5.92 Å². The second kappa shape index (κ2) is 5.22. The summed E-state index contributed by atoms with van der Waals surface area (Å²) in [5.74, 6) is 0.750. The van der Waals surface area contributed by atoms with Gasteiger partial charge in [-0.15, -0.1) is 0 Å². The van der Waals surface area contributed by atoms with Gasteiger partial charge in [-0.1, -0.05) is 12.1 Å². The molecule has 2 unspecified atom stereocenters. The van der Waals surface area contributed by atoms with Crippen molar-refractivity contribution in [2.45, 2.75) is 37.8 Å². The van der Waals surface area contributed by atoms with Gasteiger partial charge in [0.15, 0.2) is 0 Å². The molecule has 0 spiro atoms. The number of nitrogens with one attached hydrogen (secondary N) is 1. The van der Waals surface area contributed by atoms with Gasteiger partial charge in [0.2, 0.25) is 0 Å². The zero-order chi connectivity index (χ0) is 13.2. The van der Waals surface area contributed by atoms with Crippen molar-refractivity contribution in [2.75, 3.05) is 18.9 Å². The molecule has 2 aliphatic rings. The van der Waals surface area contributed by atoms with Gasteiger partial charge in [-0.25, -0.2) is 0 Å². The lowest BCUT2D eigenvalue weighted by Crippen LogP contribution is -2.41. The van der Waals surface area contributed by atoms with E-state index in [4.69, 9.17) is 5.26 Å². The van der Waals surface area contributed by atoms with E-state index >= 15 is 0 Å². The van der Waals surface area contributed by atoms with Crippen molar-refractivity contribution in [1.82, 2.24) is 4.90 Å². The van der Waals surface area contributed by atoms with Gasteiger partial charge >= 0.3 is 0 Å². The van der Waals surface area contributed by atoms with Crippen molar-refractivity contribution >= 4 is 5.69 Å². The molecule has 3 rings (SSSR count). The highest BCUT2D eigenvalue weighted by Crippen LogP contribution is 2.37. The molecule has 1 N–H and O–H groups in total. The summed E-state index contributed by atoms with van der Waals surface area (Å²) in [7, 11) is 2.27. The molecule has 2 bridgehead atoms. The third-order valence-corrected chi connectivity index (χ3v) is 4.82. The maximum Gasteiger partial charge on any atom is 0.101 e. The summed E-state index contributed by atoms with van der Waals surface area (Å²) in [6.45, 7) is 1.000. The molecule has 0 aliphatic carbocycles.